The number of aromatic nitrogens is 1. The van der Waals surface area contributed by atoms with Crippen LogP contribution >= 0.6 is 11.3 Å². The minimum atomic E-state index is 0.126. The van der Waals surface area contributed by atoms with Gasteiger partial charge >= 0.3 is 0 Å². The molecule has 1 atom stereocenters. The Bertz CT molecular complexity index is 250. The summed E-state index contributed by atoms with van der Waals surface area (Å²) in [6.07, 6.45) is 0.126. The molecule has 74 valence electrons. The van der Waals surface area contributed by atoms with Crippen molar-refractivity contribution in [2.24, 2.45) is 0 Å². The van der Waals surface area contributed by atoms with Gasteiger partial charge < -0.3 is 10.1 Å². The highest BCUT2D eigenvalue weighted by atomic mass is 32.1. The van der Waals surface area contributed by atoms with Crippen LogP contribution in [0.15, 0.2) is 5.38 Å². The van der Waals surface area contributed by atoms with Crippen molar-refractivity contribution in [3.8, 4) is 0 Å². The molecule has 13 heavy (non-hydrogen) atoms. The molecule has 0 aromatic carbocycles. The number of nitrogens with one attached hydrogen (secondary N) is 1. The van der Waals surface area contributed by atoms with E-state index in [-0.39, 0.29) is 6.10 Å². The standard InChI is InChI=1S/C9H16N2OS/c1-4-12-7(2)9-11-8(5-10-3)6-13-9/h6-7,10H,4-5H2,1-3H3/t7-/m0/s1. The van der Waals surface area contributed by atoms with Crippen LogP contribution in [-0.2, 0) is 11.3 Å². The summed E-state index contributed by atoms with van der Waals surface area (Å²) in [6.45, 7) is 5.60. The Labute approximate surface area is 83.1 Å². The fraction of sp³-hybridized carbons (Fsp3) is 0.667. The Morgan fingerprint density at radius 1 is 1.69 bits per heavy atom. The highest BCUT2D eigenvalue weighted by Crippen LogP contribution is 2.20. The van der Waals surface area contributed by atoms with Gasteiger partial charge in [-0.1, -0.05) is 0 Å². The van der Waals surface area contributed by atoms with Crippen LogP contribution in [0.25, 0.3) is 0 Å². The van der Waals surface area contributed by atoms with Crippen LogP contribution in [0.1, 0.15) is 30.7 Å². The molecule has 0 amide bonds. The maximum atomic E-state index is 5.45. The van der Waals surface area contributed by atoms with Crippen molar-refractivity contribution < 1.29 is 4.74 Å². The molecule has 0 aliphatic carbocycles. The van der Waals surface area contributed by atoms with Gasteiger partial charge in [-0.05, 0) is 20.9 Å². The van der Waals surface area contributed by atoms with Crippen molar-refractivity contribution in [2.75, 3.05) is 13.7 Å². The molecule has 1 rings (SSSR count). The Balaban J connectivity index is 2.56. The highest BCUT2D eigenvalue weighted by molar-refractivity contribution is 7.09. The molecule has 3 nitrogen and oxygen atoms in total. The minimum absolute atomic E-state index is 0.126. The maximum Gasteiger partial charge on any atom is 0.122 e. The Hall–Kier alpha value is -0.450. The van der Waals surface area contributed by atoms with Gasteiger partial charge in [0.05, 0.1) is 5.69 Å². The van der Waals surface area contributed by atoms with Crippen LogP contribution in [-0.4, -0.2) is 18.6 Å². The summed E-state index contributed by atoms with van der Waals surface area (Å²) in [4.78, 5) is 4.45. The van der Waals surface area contributed by atoms with E-state index in [1.165, 1.54) is 0 Å². The second kappa shape index (κ2) is 5.32. The number of ether oxygens (including phenoxy) is 1. The normalized spacial score (nSPS) is 13.2. The smallest absolute Gasteiger partial charge is 0.122 e. The first-order valence-electron chi connectivity index (χ1n) is 4.48. The van der Waals surface area contributed by atoms with Gasteiger partial charge in [0.1, 0.15) is 11.1 Å². The lowest BCUT2D eigenvalue weighted by molar-refractivity contribution is 0.0761. The van der Waals surface area contributed by atoms with Crippen molar-refractivity contribution in [3.63, 3.8) is 0 Å². The van der Waals surface area contributed by atoms with E-state index in [1.807, 2.05) is 20.9 Å². The Kier molecular flexibility index (Phi) is 4.35. The molecule has 0 bridgehead atoms. The summed E-state index contributed by atoms with van der Waals surface area (Å²) in [5, 5.41) is 6.20. The topological polar surface area (TPSA) is 34.1 Å². The third-order valence-electron chi connectivity index (χ3n) is 1.69. The first kappa shape index (κ1) is 10.6. The van der Waals surface area contributed by atoms with Crippen molar-refractivity contribution in [2.45, 2.75) is 26.5 Å². The molecule has 1 aromatic heterocycles. The predicted octanol–water partition coefficient (Wildman–Crippen LogP) is 1.96. The van der Waals surface area contributed by atoms with Gasteiger partial charge in [-0.2, -0.15) is 0 Å². The molecule has 0 fully saturated rings. The zero-order valence-corrected chi connectivity index (χ0v) is 9.15. The fourth-order valence-electron chi connectivity index (χ4n) is 1.09. The van der Waals surface area contributed by atoms with Gasteiger partial charge in [-0.15, -0.1) is 11.3 Å². The van der Waals surface area contributed by atoms with Gasteiger partial charge in [-0.25, -0.2) is 4.98 Å². The third-order valence-corrected chi connectivity index (χ3v) is 2.75. The number of hydrogen-bond acceptors (Lipinski definition) is 4. The van der Waals surface area contributed by atoms with Crippen molar-refractivity contribution in [1.29, 1.82) is 0 Å². The molecular formula is C9H16N2OS. The van der Waals surface area contributed by atoms with Crippen molar-refractivity contribution >= 4 is 11.3 Å². The predicted molar refractivity (Wildman–Crippen MR) is 54.9 cm³/mol. The largest absolute Gasteiger partial charge is 0.372 e. The van der Waals surface area contributed by atoms with Gasteiger partial charge in [0.2, 0.25) is 0 Å². The summed E-state index contributed by atoms with van der Waals surface area (Å²) < 4.78 is 5.45. The first-order valence-corrected chi connectivity index (χ1v) is 5.36. The van der Waals surface area contributed by atoms with E-state index in [0.717, 1.165) is 23.9 Å². The Morgan fingerprint density at radius 2 is 2.46 bits per heavy atom. The number of nitrogens with zero attached hydrogens (tertiary/aromatic N) is 1. The van der Waals surface area contributed by atoms with Gasteiger partial charge in [0.15, 0.2) is 0 Å². The number of rotatable bonds is 5. The molecule has 1 heterocycles. The fourth-order valence-corrected chi connectivity index (χ4v) is 1.92. The van der Waals surface area contributed by atoms with E-state index in [0.29, 0.717) is 0 Å². The van der Waals surface area contributed by atoms with Crippen LogP contribution in [0.4, 0.5) is 0 Å². The molecule has 0 aliphatic rings. The lowest BCUT2D eigenvalue weighted by Crippen LogP contribution is -2.06. The van der Waals surface area contributed by atoms with Gasteiger partial charge in [0, 0.05) is 18.5 Å². The second-order valence-corrected chi connectivity index (χ2v) is 3.69. The average Bonchev–Trinajstić information content (AvgIpc) is 2.54. The van der Waals surface area contributed by atoms with E-state index < -0.39 is 0 Å². The SMILES string of the molecule is CCO[C@@H](C)c1nc(CNC)cs1. The molecule has 0 saturated heterocycles. The van der Waals surface area contributed by atoms with Crippen LogP contribution < -0.4 is 5.32 Å². The Morgan fingerprint density at radius 3 is 3.08 bits per heavy atom. The molecule has 4 heteroatoms. The molecule has 1 N–H and O–H groups in total. The summed E-state index contributed by atoms with van der Waals surface area (Å²) in [5.74, 6) is 0. The zero-order valence-electron chi connectivity index (χ0n) is 8.33. The van der Waals surface area contributed by atoms with Crippen LogP contribution in [0.5, 0.6) is 0 Å². The molecule has 1 aromatic rings. The van der Waals surface area contributed by atoms with Crippen LogP contribution in [0.3, 0.4) is 0 Å². The quantitative estimate of drug-likeness (QED) is 0.789. The molecule has 0 radical (unpaired) electrons. The molecule has 0 unspecified atom stereocenters. The zero-order chi connectivity index (χ0) is 9.68. The van der Waals surface area contributed by atoms with E-state index in [1.54, 1.807) is 11.3 Å². The van der Waals surface area contributed by atoms with Crippen molar-refractivity contribution in [1.82, 2.24) is 10.3 Å². The highest BCUT2D eigenvalue weighted by Gasteiger charge is 2.09. The number of hydrogen-bond donors (Lipinski definition) is 1. The minimum Gasteiger partial charge on any atom is -0.372 e. The van der Waals surface area contributed by atoms with Crippen molar-refractivity contribution in [3.05, 3.63) is 16.1 Å². The second-order valence-electron chi connectivity index (χ2n) is 2.80. The molecule has 0 aliphatic heterocycles. The number of thiazole rings is 1. The summed E-state index contributed by atoms with van der Waals surface area (Å²) >= 11 is 1.66. The average molecular weight is 200 g/mol. The summed E-state index contributed by atoms with van der Waals surface area (Å²) in [5.41, 5.74) is 1.09. The van der Waals surface area contributed by atoms with E-state index in [4.69, 9.17) is 4.74 Å². The van der Waals surface area contributed by atoms with Crippen LogP contribution in [0, 0.1) is 0 Å². The maximum absolute atomic E-state index is 5.45. The molecule has 0 saturated carbocycles. The van der Waals surface area contributed by atoms with E-state index in [9.17, 15) is 0 Å². The molecule has 0 spiro atoms. The lowest BCUT2D eigenvalue weighted by atomic mass is 10.4. The molecular weight excluding hydrogens is 184 g/mol. The third kappa shape index (κ3) is 3.06. The van der Waals surface area contributed by atoms with Crippen LogP contribution in [0.2, 0.25) is 0 Å². The first-order chi connectivity index (χ1) is 6.27. The van der Waals surface area contributed by atoms with E-state index >= 15 is 0 Å². The van der Waals surface area contributed by atoms with Gasteiger partial charge in [-0.3, -0.25) is 0 Å². The lowest BCUT2D eigenvalue weighted by Gasteiger charge is -2.06. The summed E-state index contributed by atoms with van der Waals surface area (Å²) in [7, 11) is 1.92. The monoisotopic (exact) mass is 200 g/mol. The van der Waals surface area contributed by atoms with E-state index in [2.05, 4.69) is 15.7 Å². The van der Waals surface area contributed by atoms with Gasteiger partial charge in [0.25, 0.3) is 0 Å². The summed E-state index contributed by atoms with van der Waals surface area (Å²) in [6, 6.07) is 0.